The molecule has 2 heterocycles. The van der Waals surface area contributed by atoms with E-state index < -0.39 is 0 Å². The summed E-state index contributed by atoms with van der Waals surface area (Å²) in [6.07, 6.45) is 4.47. The summed E-state index contributed by atoms with van der Waals surface area (Å²) in [4.78, 5) is 4.68. The van der Waals surface area contributed by atoms with Gasteiger partial charge >= 0.3 is 0 Å². The minimum absolute atomic E-state index is 0.568. The van der Waals surface area contributed by atoms with E-state index in [0.717, 1.165) is 18.7 Å². The lowest BCUT2D eigenvalue weighted by Gasteiger charge is -2.04. The molecule has 0 fully saturated rings. The maximum atomic E-state index is 5.74. The Morgan fingerprint density at radius 2 is 2.19 bits per heavy atom. The fourth-order valence-corrected chi connectivity index (χ4v) is 2.33. The number of fused-ring (bicyclic) bond motifs is 1. The number of rotatable bonds is 2. The standard InChI is InChI=1S/C13H15N3/c14-8-10-4-1-2-5-11(10)12-9-16-7-3-6-13(16)15-12/h1-2,4-5,9H,3,6-8,14H2. The van der Waals surface area contributed by atoms with Gasteiger partial charge in [0.05, 0.1) is 5.69 Å². The smallest absolute Gasteiger partial charge is 0.109 e. The van der Waals surface area contributed by atoms with Crippen LogP contribution in [0.1, 0.15) is 17.8 Å². The molecule has 0 atom stereocenters. The van der Waals surface area contributed by atoms with Crippen LogP contribution in [0.4, 0.5) is 0 Å². The number of aromatic nitrogens is 2. The topological polar surface area (TPSA) is 43.8 Å². The molecule has 0 bridgehead atoms. The molecule has 1 aromatic heterocycles. The van der Waals surface area contributed by atoms with E-state index >= 15 is 0 Å². The Balaban J connectivity index is 2.08. The van der Waals surface area contributed by atoms with Crippen LogP contribution < -0.4 is 5.73 Å². The zero-order valence-electron chi connectivity index (χ0n) is 9.19. The summed E-state index contributed by atoms with van der Waals surface area (Å²) in [6.45, 7) is 1.67. The van der Waals surface area contributed by atoms with Crippen molar-refractivity contribution in [2.75, 3.05) is 0 Å². The molecule has 0 unspecified atom stereocenters. The van der Waals surface area contributed by atoms with Gasteiger partial charge in [-0.1, -0.05) is 24.3 Å². The van der Waals surface area contributed by atoms with E-state index in [-0.39, 0.29) is 0 Å². The minimum Gasteiger partial charge on any atom is -0.334 e. The predicted octanol–water partition coefficient (Wildman–Crippen LogP) is 1.96. The second-order valence-electron chi connectivity index (χ2n) is 4.20. The van der Waals surface area contributed by atoms with Crippen LogP contribution in [-0.2, 0) is 19.5 Å². The van der Waals surface area contributed by atoms with Crippen LogP contribution in [0.3, 0.4) is 0 Å². The van der Waals surface area contributed by atoms with Crippen molar-refractivity contribution in [2.45, 2.75) is 25.9 Å². The number of nitrogens with two attached hydrogens (primary N) is 1. The average molecular weight is 213 g/mol. The van der Waals surface area contributed by atoms with Crippen LogP contribution in [0.15, 0.2) is 30.5 Å². The summed E-state index contributed by atoms with van der Waals surface area (Å²) in [5.74, 6) is 1.21. The van der Waals surface area contributed by atoms with Crippen molar-refractivity contribution in [2.24, 2.45) is 5.73 Å². The molecule has 0 aliphatic carbocycles. The van der Waals surface area contributed by atoms with E-state index in [4.69, 9.17) is 5.73 Å². The van der Waals surface area contributed by atoms with Crippen LogP contribution in [-0.4, -0.2) is 9.55 Å². The molecule has 16 heavy (non-hydrogen) atoms. The SMILES string of the molecule is NCc1ccccc1-c1cn2c(n1)CCC2. The summed E-state index contributed by atoms with van der Waals surface area (Å²) in [7, 11) is 0. The highest BCUT2D eigenvalue weighted by Gasteiger charge is 2.15. The quantitative estimate of drug-likeness (QED) is 0.828. The fourth-order valence-electron chi connectivity index (χ4n) is 2.33. The first-order valence-electron chi connectivity index (χ1n) is 5.73. The molecule has 82 valence electrons. The Morgan fingerprint density at radius 3 is 3.00 bits per heavy atom. The number of hydrogen-bond acceptors (Lipinski definition) is 2. The summed E-state index contributed by atoms with van der Waals surface area (Å²) < 4.78 is 2.25. The number of nitrogens with zero attached hydrogens (tertiary/aromatic N) is 2. The molecule has 2 aromatic rings. The predicted molar refractivity (Wildman–Crippen MR) is 63.9 cm³/mol. The van der Waals surface area contributed by atoms with E-state index in [0.29, 0.717) is 6.54 Å². The van der Waals surface area contributed by atoms with Gasteiger partial charge in [0.25, 0.3) is 0 Å². The summed E-state index contributed by atoms with van der Waals surface area (Å²) in [6, 6.07) is 8.23. The number of hydrogen-bond donors (Lipinski definition) is 1. The average Bonchev–Trinajstić information content (AvgIpc) is 2.89. The van der Waals surface area contributed by atoms with Crippen molar-refractivity contribution in [3.05, 3.63) is 41.9 Å². The second-order valence-corrected chi connectivity index (χ2v) is 4.20. The fraction of sp³-hybridized carbons (Fsp3) is 0.308. The van der Waals surface area contributed by atoms with Crippen molar-refractivity contribution < 1.29 is 0 Å². The number of benzene rings is 1. The van der Waals surface area contributed by atoms with Gasteiger partial charge in [-0.05, 0) is 12.0 Å². The Labute approximate surface area is 94.9 Å². The lowest BCUT2D eigenvalue weighted by Crippen LogP contribution is -1.98. The Kier molecular flexibility index (Phi) is 2.26. The molecular weight excluding hydrogens is 198 g/mol. The molecule has 0 saturated heterocycles. The third-order valence-corrected chi connectivity index (χ3v) is 3.17. The molecule has 1 aromatic carbocycles. The number of aryl methyl sites for hydroxylation is 2. The van der Waals surface area contributed by atoms with E-state index in [2.05, 4.69) is 27.9 Å². The van der Waals surface area contributed by atoms with Crippen LogP contribution in [0, 0.1) is 0 Å². The van der Waals surface area contributed by atoms with Crippen LogP contribution >= 0.6 is 0 Å². The molecule has 0 saturated carbocycles. The number of imidazole rings is 1. The molecule has 0 spiro atoms. The monoisotopic (exact) mass is 213 g/mol. The molecule has 0 amide bonds. The Bertz CT molecular complexity index is 492. The highest BCUT2D eigenvalue weighted by atomic mass is 15.1. The van der Waals surface area contributed by atoms with Crippen molar-refractivity contribution in [3.8, 4) is 11.3 Å². The first-order chi connectivity index (χ1) is 7.88. The molecule has 0 radical (unpaired) electrons. The van der Waals surface area contributed by atoms with Gasteiger partial charge in [-0.25, -0.2) is 4.98 Å². The van der Waals surface area contributed by atoms with Gasteiger partial charge in [-0.2, -0.15) is 0 Å². The molecule has 2 N–H and O–H groups in total. The molecule has 1 aliphatic rings. The van der Waals surface area contributed by atoms with Gasteiger partial charge in [0.1, 0.15) is 5.82 Å². The molecule has 1 aliphatic heterocycles. The Morgan fingerprint density at radius 1 is 1.31 bits per heavy atom. The van der Waals surface area contributed by atoms with Crippen molar-refractivity contribution in [1.29, 1.82) is 0 Å². The van der Waals surface area contributed by atoms with Gasteiger partial charge in [0.15, 0.2) is 0 Å². The maximum Gasteiger partial charge on any atom is 0.109 e. The van der Waals surface area contributed by atoms with Gasteiger partial charge in [-0.3, -0.25) is 0 Å². The van der Waals surface area contributed by atoms with Crippen molar-refractivity contribution in [1.82, 2.24) is 9.55 Å². The molecular formula is C13H15N3. The van der Waals surface area contributed by atoms with Crippen LogP contribution in [0.5, 0.6) is 0 Å². The second kappa shape index (κ2) is 3.76. The van der Waals surface area contributed by atoms with Crippen LogP contribution in [0.25, 0.3) is 11.3 Å². The maximum absolute atomic E-state index is 5.74. The zero-order chi connectivity index (χ0) is 11.0. The summed E-state index contributed by atoms with van der Waals surface area (Å²) in [5, 5.41) is 0. The van der Waals surface area contributed by atoms with E-state index in [1.54, 1.807) is 0 Å². The first-order valence-corrected chi connectivity index (χ1v) is 5.73. The van der Waals surface area contributed by atoms with Gasteiger partial charge in [0.2, 0.25) is 0 Å². The summed E-state index contributed by atoms with van der Waals surface area (Å²) >= 11 is 0. The highest BCUT2D eigenvalue weighted by Crippen LogP contribution is 2.25. The van der Waals surface area contributed by atoms with Gasteiger partial charge < -0.3 is 10.3 Å². The Hall–Kier alpha value is -1.61. The third kappa shape index (κ3) is 1.44. The largest absolute Gasteiger partial charge is 0.334 e. The normalized spacial score (nSPS) is 14.1. The highest BCUT2D eigenvalue weighted by molar-refractivity contribution is 5.63. The van der Waals surface area contributed by atoms with E-state index in [9.17, 15) is 0 Å². The van der Waals surface area contributed by atoms with Gasteiger partial charge in [-0.15, -0.1) is 0 Å². The lowest BCUT2D eigenvalue weighted by atomic mass is 10.1. The first kappa shape index (κ1) is 9.60. The lowest BCUT2D eigenvalue weighted by molar-refractivity contribution is 0.750. The third-order valence-electron chi connectivity index (χ3n) is 3.17. The van der Waals surface area contributed by atoms with Gasteiger partial charge in [0, 0.05) is 31.3 Å². The van der Waals surface area contributed by atoms with Crippen LogP contribution in [0.2, 0.25) is 0 Å². The van der Waals surface area contributed by atoms with Crippen molar-refractivity contribution in [3.63, 3.8) is 0 Å². The molecule has 3 rings (SSSR count). The van der Waals surface area contributed by atoms with Crippen molar-refractivity contribution >= 4 is 0 Å². The minimum atomic E-state index is 0.568. The van der Waals surface area contributed by atoms with E-state index in [1.807, 2.05) is 12.1 Å². The molecule has 3 nitrogen and oxygen atoms in total. The zero-order valence-corrected chi connectivity index (χ0v) is 9.19. The molecule has 3 heteroatoms. The van der Waals surface area contributed by atoms with E-state index in [1.165, 1.54) is 23.4 Å². The summed E-state index contributed by atoms with van der Waals surface area (Å²) in [5.41, 5.74) is 9.15.